The summed E-state index contributed by atoms with van der Waals surface area (Å²) < 4.78 is 1.91. The summed E-state index contributed by atoms with van der Waals surface area (Å²) in [6.07, 6.45) is 1.99. The summed E-state index contributed by atoms with van der Waals surface area (Å²) in [4.78, 5) is 12.4. The van der Waals surface area contributed by atoms with Crippen molar-refractivity contribution >= 4 is 5.91 Å². The fourth-order valence-electron chi connectivity index (χ4n) is 3.50. The van der Waals surface area contributed by atoms with E-state index in [1.165, 1.54) is 5.56 Å². The fourth-order valence-corrected chi connectivity index (χ4v) is 3.50. The Morgan fingerprint density at radius 3 is 2.54 bits per heavy atom. The van der Waals surface area contributed by atoms with Crippen LogP contribution in [0.15, 0.2) is 66.9 Å². The minimum atomic E-state index is -0.454. The van der Waals surface area contributed by atoms with E-state index < -0.39 is 6.10 Å². The van der Waals surface area contributed by atoms with Crippen molar-refractivity contribution in [3.63, 3.8) is 0 Å². The van der Waals surface area contributed by atoms with Crippen molar-refractivity contribution < 1.29 is 9.90 Å². The summed E-state index contributed by atoms with van der Waals surface area (Å²) >= 11 is 0. The molecule has 3 aromatic rings. The molecule has 144 valence electrons. The van der Waals surface area contributed by atoms with Crippen LogP contribution in [0.2, 0.25) is 0 Å². The van der Waals surface area contributed by atoms with Gasteiger partial charge in [-0.05, 0) is 12.0 Å². The van der Waals surface area contributed by atoms with Crippen LogP contribution < -0.4 is 10.6 Å². The molecular weight excluding hydrogens is 352 g/mol. The molecule has 2 aromatic carbocycles. The van der Waals surface area contributed by atoms with Gasteiger partial charge in [-0.2, -0.15) is 5.10 Å². The van der Waals surface area contributed by atoms with Crippen LogP contribution in [-0.2, 0) is 17.9 Å². The van der Waals surface area contributed by atoms with E-state index in [1.807, 2.05) is 59.4 Å². The van der Waals surface area contributed by atoms with Crippen molar-refractivity contribution in [3.05, 3.63) is 78.0 Å². The number of aromatic nitrogens is 2. The highest BCUT2D eigenvalue weighted by Gasteiger charge is 2.28. The Morgan fingerprint density at radius 1 is 1.14 bits per heavy atom. The van der Waals surface area contributed by atoms with Crippen LogP contribution in [0.5, 0.6) is 0 Å². The Morgan fingerprint density at radius 2 is 1.86 bits per heavy atom. The number of nitrogens with one attached hydrogen (secondary N) is 2. The molecule has 6 nitrogen and oxygen atoms in total. The average Bonchev–Trinajstić information content (AvgIpc) is 3.34. The highest BCUT2D eigenvalue weighted by Crippen LogP contribution is 2.22. The standard InChI is InChI=1S/C22H24N4O2/c27-19-11-20(23-13-19)22(28)24-12-18-15-26(14-16-7-3-1-4-8-16)25-21(18)17-9-5-2-6-10-17/h1-10,15,19-20,23,27H,11-14H2,(H,24,28)/t19-,20-/m1/s1. The van der Waals surface area contributed by atoms with Gasteiger partial charge in [-0.3, -0.25) is 9.48 Å². The first-order valence-electron chi connectivity index (χ1n) is 9.54. The van der Waals surface area contributed by atoms with Crippen LogP contribution in [0, 0.1) is 0 Å². The summed E-state index contributed by atoms with van der Waals surface area (Å²) in [6, 6.07) is 19.8. The maximum Gasteiger partial charge on any atom is 0.237 e. The minimum absolute atomic E-state index is 0.0913. The minimum Gasteiger partial charge on any atom is -0.392 e. The first-order valence-corrected chi connectivity index (χ1v) is 9.54. The van der Waals surface area contributed by atoms with Crippen LogP contribution in [0.4, 0.5) is 0 Å². The number of hydrogen-bond acceptors (Lipinski definition) is 4. The van der Waals surface area contributed by atoms with Gasteiger partial charge in [0.15, 0.2) is 0 Å². The second kappa shape index (κ2) is 8.37. The van der Waals surface area contributed by atoms with Gasteiger partial charge < -0.3 is 15.7 Å². The molecule has 1 aromatic heterocycles. The number of β-amino-alcohol motifs (C(OH)–C–C–N with tert-alkyl or cyclic N) is 1. The van der Waals surface area contributed by atoms with Crippen molar-refractivity contribution in [1.29, 1.82) is 0 Å². The Balaban J connectivity index is 1.53. The molecule has 2 heterocycles. The van der Waals surface area contributed by atoms with Crippen LogP contribution in [0.3, 0.4) is 0 Å². The molecule has 1 amide bonds. The van der Waals surface area contributed by atoms with E-state index in [0.717, 1.165) is 16.8 Å². The number of carbonyl (C=O) groups excluding carboxylic acids is 1. The molecule has 0 radical (unpaired) electrons. The summed E-state index contributed by atoms with van der Waals surface area (Å²) in [6.45, 7) is 1.53. The number of aliphatic hydroxyl groups excluding tert-OH is 1. The molecule has 1 aliphatic rings. The first-order chi connectivity index (χ1) is 13.7. The molecule has 4 rings (SSSR count). The monoisotopic (exact) mass is 376 g/mol. The normalized spacial score (nSPS) is 18.9. The van der Waals surface area contributed by atoms with E-state index in [4.69, 9.17) is 5.10 Å². The van der Waals surface area contributed by atoms with Crippen LogP contribution >= 0.6 is 0 Å². The number of hydrogen-bond donors (Lipinski definition) is 3. The van der Waals surface area contributed by atoms with E-state index >= 15 is 0 Å². The zero-order valence-electron chi connectivity index (χ0n) is 15.6. The number of carbonyl (C=O) groups is 1. The van der Waals surface area contributed by atoms with Crippen molar-refractivity contribution in [2.24, 2.45) is 0 Å². The molecule has 0 aliphatic carbocycles. The van der Waals surface area contributed by atoms with Gasteiger partial charge in [-0.25, -0.2) is 0 Å². The van der Waals surface area contributed by atoms with E-state index in [9.17, 15) is 9.90 Å². The maximum atomic E-state index is 12.4. The molecule has 1 aliphatic heterocycles. The first kappa shape index (κ1) is 18.4. The molecule has 28 heavy (non-hydrogen) atoms. The maximum absolute atomic E-state index is 12.4. The quantitative estimate of drug-likeness (QED) is 0.614. The Kier molecular flexibility index (Phi) is 5.50. The number of benzene rings is 2. The van der Waals surface area contributed by atoms with Gasteiger partial charge in [0, 0.05) is 30.4 Å². The van der Waals surface area contributed by atoms with Crippen LogP contribution in [0.1, 0.15) is 17.5 Å². The zero-order chi connectivity index (χ0) is 19.3. The van der Waals surface area contributed by atoms with Crippen LogP contribution in [-0.4, -0.2) is 39.5 Å². The third-order valence-electron chi connectivity index (χ3n) is 4.95. The lowest BCUT2D eigenvalue weighted by Gasteiger charge is -2.11. The summed E-state index contributed by atoms with van der Waals surface area (Å²) in [5.41, 5.74) is 4.03. The van der Waals surface area contributed by atoms with Crippen molar-refractivity contribution in [2.75, 3.05) is 6.54 Å². The molecule has 6 heteroatoms. The Hall–Kier alpha value is -2.96. The summed E-state index contributed by atoms with van der Waals surface area (Å²) in [5, 5.41) is 20.4. The van der Waals surface area contributed by atoms with E-state index in [1.54, 1.807) is 0 Å². The van der Waals surface area contributed by atoms with Gasteiger partial charge in [-0.1, -0.05) is 60.7 Å². The molecular formula is C22H24N4O2. The van der Waals surface area contributed by atoms with Crippen molar-refractivity contribution in [1.82, 2.24) is 20.4 Å². The van der Waals surface area contributed by atoms with Gasteiger partial charge in [-0.15, -0.1) is 0 Å². The van der Waals surface area contributed by atoms with Crippen molar-refractivity contribution in [3.8, 4) is 11.3 Å². The topological polar surface area (TPSA) is 79.2 Å². The number of amides is 1. The highest BCUT2D eigenvalue weighted by atomic mass is 16.3. The molecule has 1 saturated heterocycles. The molecule has 0 saturated carbocycles. The number of nitrogens with zero attached hydrogens (tertiary/aromatic N) is 2. The molecule has 3 N–H and O–H groups in total. The third kappa shape index (κ3) is 4.30. The predicted molar refractivity (Wildman–Crippen MR) is 107 cm³/mol. The van der Waals surface area contributed by atoms with Gasteiger partial charge in [0.2, 0.25) is 5.91 Å². The van der Waals surface area contributed by atoms with Crippen LogP contribution in [0.25, 0.3) is 11.3 Å². The molecule has 0 bridgehead atoms. The van der Waals surface area contributed by atoms with Crippen molar-refractivity contribution in [2.45, 2.75) is 31.7 Å². The fraction of sp³-hybridized carbons (Fsp3) is 0.273. The SMILES string of the molecule is O=C(NCc1cn(Cc2ccccc2)nc1-c1ccccc1)[C@H]1C[C@@H](O)CN1. The molecule has 0 unspecified atom stereocenters. The van der Waals surface area contributed by atoms with Gasteiger partial charge in [0.05, 0.1) is 24.4 Å². The van der Waals surface area contributed by atoms with E-state index in [2.05, 4.69) is 22.8 Å². The van der Waals surface area contributed by atoms with E-state index in [0.29, 0.717) is 26.1 Å². The predicted octanol–water partition coefficient (Wildman–Crippen LogP) is 1.94. The lowest BCUT2D eigenvalue weighted by Crippen LogP contribution is -2.40. The number of aliphatic hydroxyl groups is 1. The molecule has 1 fully saturated rings. The lowest BCUT2D eigenvalue weighted by molar-refractivity contribution is -0.123. The van der Waals surface area contributed by atoms with E-state index in [-0.39, 0.29) is 11.9 Å². The van der Waals surface area contributed by atoms with Gasteiger partial charge >= 0.3 is 0 Å². The third-order valence-corrected chi connectivity index (χ3v) is 4.95. The van der Waals surface area contributed by atoms with Gasteiger partial charge in [0.1, 0.15) is 0 Å². The van der Waals surface area contributed by atoms with Gasteiger partial charge in [0.25, 0.3) is 0 Å². The Labute approximate surface area is 164 Å². The summed E-state index contributed by atoms with van der Waals surface area (Å²) in [7, 11) is 0. The second-order valence-electron chi connectivity index (χ2n) is 7.12. The zero-order valence-corrected chi connectivity index (χ0v) is 15.6. The highest BCUT2D eigenvalue weighted by molar-refractivity contribution is 5.82. The summed E-state index contributed by atoms with van der Waals surface area (Å²) in [5.74, 6) is -0.0913. The largest absolute Gasteiger partial charge is 0.392 e. The molecule has 2 atom stereocenters. The second-order valence-corrected chi connectivity index (χ2v) is 7.12. The smallest absolute Gasteiger partial charge is 0.237 e. The Bertz CT molecular complexity index is 924. The average molecular weight is 376 g/mol. The lowest BCUT2D eigenvalue weighted by atomic mass is 10.1. The number of rotatable bonds is 6. The molecule has 0 spiro atoms.